The highest BCUT2D eigenvalue weighted by Gasteiger charge is 2.34. The minimum atomic E-state index is -1.63. The quantitative estimate of drug-likeness (QED) is 0.597. The first-order valence-corrected chi connectivity index (χ1v) is 4.75. The van der Waals surface area contributed by atoms with Crippen LogP contribution >= 0.6 is 0 Å². The number of ether oxygens (including phenoxy) is 2. The molecule has 0 aromatic heterocycles. The van der Waals surface area contributed by atoms with E-state index < -0.39 is 45.2 Å². The lowest BCUT2D eigenvalue weighted by Gasteiger charge is -2.11. The maximum absolute atomic E-state index is 11.1. The molecule has 19 heavy (non-hydrogen) atoms. The average Bonchev–Trinajstić information content (AvgIpc) is 2.35. The highest BCUT2D eigenvalue weighted by molar-refractivity contribution is 6.02. The summed E-state index contributed by atoms with van der Waals surface area (Å²) in [4.78, 5) is 32.0. The van der Waals surface area contributed by atoms with Crippen LogP contribution in [0, 0.1) is 10.1 Å². The van der Waals surface area contributed by atoms with Crippen molar-refractivity contribution < 1.29 is 34.2 Å². The van der Waals surface area contributed by atoms with Crippen LogP contribution in [0.3, 0.4) is 0 Å². The topological polar surface area (TPSA) is 136 Å². The van der Waals surface area contributed by atoms with Crippen molar-refractivity contribution in [3.8, 4) is 11.5 Å². The van der Waals surface area contributed by atoms with E-state index in [-0.39, 0.29) is 0 Å². The predicted molar refractivity (Wildman–Crippen MR) is 60.1 cm³/mol. The van der Waals surface area contributed by atoms with E-state index >= 15 is 0 Å². The molecule has 0 aliphatic carbocycles. The van der Waals surface area contributed by atoms with Gasteiger partial charge in [-0.3, -0.25) is 10.1 Å². The van der Waals surface area contributed by atoms with Gasteiger partial charge in [0.05, 0.1) is 19.1 Å². The standard InChI is InChI=1S/C10H9NO8/c1-18-5-3-4(9(12)13)8(19-2)7(11(16)17)6(5)10(14)15/h3H,1-2H3,(H,12,13)(H,14,15). The van der Waals surface area contributed by atoms with Crippen molar-refractivity contribution in [2.75, 3.05) is 14.2 Å². The molecule has 0 heterocycles. The van der Waals surface area contributed by atoms with Crippen molar-refractivity contribution in [2.45, 2.75) is 0 Å². The number of carbonyl (C=O) groups is 2. The fourth-order valence-electron chi connectivity index (χ4n) is 1.53. The second-order valence-electron chi connectivity index (χ2n) is 3.25. The number of carboxylic acids is 2. The Balaban J connectivity index is 3.88. The molecule has 0 saturated carbocycles. The van der Waals surface area contributed by atoms with Crippen LogP contribution in [0.25, 0.3) is 0 Å². The molecule has 1 aromatic carbocycles. The SMILES string of the molecule is COc1cc(C(=O)O)c(OC)c([N+](=O)[O-])c1C(=O)O. The molecule has 9 heteroatoms. The van der Waals surface area contributed by atoms with Gasteiger partial charge in [0, 0.05) is 0 Å². The minimum Gasteiger partial charge on any atom is -0.496 e. The van der Waals surface area contributed by atoms with Gasteiger partial charge in [0.25, 0.3) is 0 Å². The summed E-state index contributed by atoms with van der Waals surface area (Å²) >= 11 is 0. The first-order valence-electron chi connectivity index (χ1n) is 4.75. The molecular formula is C10H9NO8. The van der Waals surface area contributed by atoms with E-state index in [0.29, 0.717) is 0 Å². The third-order valence-electron chi connectivity index (χ3n) is 2.27. The summed E-state index contributed by atoms with van der Waals surface area (Å²) in [6.45, 7) is 0. The molecule has 0 amide bonds. The summed E-state index contributed by atoms with van der Waals surface area (Å²) in [6, 6.07) is 0.859. The van der Waals surface area contributed by atoms with E-state index in [0.717, 1.165) is 20.3 Å². The number of nitro groups is 1. The van der Waals surface area contributed by atoms with Crippen molar-refractivity contribution in [3.63, 3.8) is 0 Å². The van der Waals surface area contributed by atoms with Crippen molar-refractivity contribution in [2.24, 2.45) is 0 Å². The number of hydrogen-bond donors (Lipinski definition) is 2. The lowest BCUT2D eigenvalue weighted by molar-refractivity contribution is -0.386. The highest BCUT2D eigenvalue weighted by Crippen LogP contribution is 2.40. The molecule has 0 saturated heterocycles. The van der Waals surface area contributed by atoms with Crippen molar-refractivity contribution in [3.05, 3.63) is 27.3 Å². The van der Waals surface area contributed by atoms with E-state index in [4.69, 9.17) is 10.2 Å². The Morgan fingerprint density at radius 2 is 1.79 bits per heavy atom. The molecule has 0 bridgehead atoms. The summed E-state index contributed by atoms with van der Waals surface area (Å²) in [5.74, 6) is -4.21. The summed E-state index contributed by atoms with van der Waals surface area (Å²) in [7, 11) is 2.08. The largest absolute Gasteiger partial charge is 0.496 e. The predicted octanol–water partition coefficient (Wildman–Crippen LogP) is 1.01. The van der Waals surface area contributed by atoms with Crippen LogP contribution in [0.5, 0.6) is 11.5 Å². The summed E-state index contributed by atoms with van der Waals surface area (Å²) in [6.07, 6.45) is 0. The third kappa shape index (κ3) is 2.39. The van der Waals surface area contributed by atoms with Crippen LogP contribution in [0.15, 0.2) is 6.07 Å². The van der Waals surface area contributed by atoms with Crippen LogP contribution in [0.2, 0.25) is 0 Å². The van der Waals surface area contributed by atoms with Gasteiger partial charge in [-0.15, -0.1) is 0 Å². The second-order valence-corrected chi connectivity index (χ2v) is 3.25. The summed E-state index contributed by atoms with van der Waals surface area (Å²) < 4.78 is 9.33. The highest BCUT2D eigenvalue weighted by atomic mass is 16.6. The Labute approximate surface area is 106 Å². The first-order chi connectivity index (χ1) is 8.84. The normalized spacial score (nSPS) is 9.79. The number of nitrogens with zero attached hydrogens (tertiary/aromatic N) is 1. The fraction of sp³-hybridized carbons (Fsp3) is 0.200. The van der Waals surface area contributed by atoms with Crippen molar-refractivity contribution in [1.82, 2.24) is 0 Å². The molecule has 0 fully saturated rings. The van der Waals surface area contributed by atoms with Gasteiger partial charge in [-0.05, 0) is 6.07 Å². The van der Waals surface area contributed by atoms with Crippen LogP contribution in [0.4, 0.5) is 5.69 Å². The van der Waals surface area contributed by atoms with Crippen LogP contribution in [-0.4, -0.2) is 41.3 Å². The summed E-state index contributed by atoms with van der Waals surface area (Å²) in [5.41, 5.74) is -2.29. The van der Waals surface area contributed by atoms with Gasteiger partial charge in [0.2, 0.25) is 5.75 Å². The van der Waals surface area contributed by atoms with Gasteiger partial charge in [-0.2, -0.15) is 0 Å². The van der Waals surface area contributed by atoms with Gasteiger partial charge >= 0.3 is 17.6 Å². The maximum atomic E-state index is 11.1. The van der Waals surface area contributed by atoms with Crippen molar-refractivity contribution >= 4 is 17.6 Å². The smallest absolute Gasteiger partial charge is 0.346 e. The zero-order chi connectivity index (χ0) is 14.7. The molecule has 102 valence electrons. The number of methoxy groups -OCH3 is 2. The third-order valence-corrected chi connectivity index (χ3v) is 2.27. The number of aromatic carboxylic acids is 2. The van der Waals surface area contributed by atoms with E-state index in [9.17, 15) is 19.7 Å². The lowest BCUT2D eigenvalue weighted by atomic mass is 10.1. The van der Waals surface area contributed by atoms with E-state index in [1.54, 1.807) is 0 Å². The van der Waals surface area contributed by atoms with Crippen LogP contribution in [0.1, 0.15) is 20.7 Å². The van der Waals surface area contributed by atoms with Gasteiger partial charge in [-0.25, -0.2) is 9.59 Å². The molecule has 0 aliphatic rings. The van der Waals surface area contributed by atoms with Gasteiger partial charge in [0.15, 0.2) is 5.56 Å². The fourth-order valence-corrected chi connectivity index (χ4v) is 1.53. The number of hydrogen-bond acceptors (Lipinski definition) is 6. The van der Waals surface area contributed by atoms with Gasteiger partial charge in [0.1, 0.15) is 11.3 Å². The molecule has 1 aromatic rings. The van der Waals surface area contributed by atoms with Gasteiger partial charge < -0.3 is 19.7 Å². The van der Waals surface area contributed by atoms with E-state index in [1.165, 1.54) is 0 Å². The second kappa shape index (κ2) is 5.21. The van der Waals surface area contributed by atoms with E-state index in [2.05, 4.69) is 9.47 Å². The molecule has 0 spiro atoms. The molecule has 9 nitrogen and oxygen atoms in total. The minimum absolute atomic E-state index is 0.433. The average molecular weight is 271 g/mol. The van der Waals surface area contributed by atoms with Crippen molar-refractivity contribution in [1.29, 1.82) is 0 Å². The number of benzene rings is 1. The zero-order valence-electron chi connectivity index (χ0n) is 9.87. The lowest BCUT2D eigenvalue weighted by Crippen LogP contribution is -2.11. The maximum Gasteiger partial charge on any atom is 0.346 e. The van der Waals surface area contributed by atoms with Crippen LogP contribution in [-0.2, 0) is 0 Å². The Hall–Kier alpha value is -2.84. The zero-order valence-corrected chi connectivity index (χ0v) is 9.87. The molecule has 0 aliphatic heterocycles. The molecule has 1 rings (SSSR count). The van der Waals surface area contributed by atoms with Gasteiger partial charge in [-0.1, -0.05) is 0 Å². The molecule has 0 atom stereocenters. The number of rotatable bonds is 5. The number of carboxylic acid groups (broad SMARTS) is 2. The van der Waals surface area contributed by atoms with E-state index in [1.807, 2.05) is 0 Å². The number of nitro benzene ring substituents is 1. The monoisotopic (exact) mass is 271 g/mol. The van der Waals surface area contributed by atoms with Crippen LogP contribution < -0.4 is 9.47 Å². The Kier molecular flexibility index (Phi) is 3.90. The Morgan fingerprint density at radius 1 is 1.21 bits per heavy atom. The Bertz CT molecular complexity index is 565. The molecule has 0 unspecified atom stereocenters. The Morgan fingerprint density at radius 3 is 2.11 bits per heavy atom. The summed E-state index contributed by atoms with van der Waals surface area (Å²) in [5, 5.41) is 28.9. The molecular weight excluding hydrogens is 262 g/mol. The molecule has 0 radical (unpaired) electrons. The molecule has 2 N–H and O–H groups in total. The first kappa shape index (κ1) is 14.2.